The number of carbonyl (C=O) groups excluding carboxylic acids is 1. The molecule has 4 rings (SSSR count). The molecule has 3 heterocycles. The zero-order valence-electron chi connectivity index (χ0n) is 16.7. The van der Waals surface area contributed by atoms with Crippen molar-refractivity contribution in [2.75, 3.05) is 5.32 Å². The summed E-state index contributed by atoms with van der Waals surface area (Å²) in [5, 5.41) is 9.03. The molecule has 0 unspecified atom stereocenters. The van der Waals surface area contributed by atoms with Crippen LogP contribution in [0.2, 0.25) is 0 Å². The molecule has 0 spiro atoms. The first-order valence-electron chi connectivity index (χ1n) is 9.23. The van der Waals surface area contributed by atoms with Crippen LogP contribution in [0.1, 0.15) is 36.7 Å². The second-order valence-electron chi connectivity index (χ2n) is 7.80. The van der Waals surface area contributed by atoms with Gasteiger partial charge in [0.1, 0.15) is 5.03 Å². The molecule has 1 aromatic carbocycles. The van der Waals surface area contributed by atoms with E-state index >= 15 is 0 Å². The molecule has 7 nitrogen and oxygen atoms in total. The van der Waals surface area contributed by atoms with E-state index in [1.165, 1.54) is 17.3 Å². The maximum Gasteiger partial charge on any atom is 0.256 e. The molecule has 0 bridgehead atoms. The smallest absolute Gasteiger partial charge is 0.256 e. The molecule has 1 amide bonds. The highest BCUT2D eigenvalue weighted by molar-refractivity contribution is 7.99. The standard InChI is InChI=1S/C21H22N6OS/c1-21(2,3)15-7-5-14(6-8-15)19(28)24-16-13-27-17(23-16)9-10-18(25-27)29-20-22-11-12-26(20)4/h5-13H,1-4H3,(H,24,28). The lowest BCUT2D eigenvalue weighted by Gasteiger charge is -2.18. The molecule has 148 valence electrons. The Morgan fingerprint density at radius 2 is 1.86 bits per heavy atom. The summed E-state index contributed by atoms with van der Waals surface area (Å²) in [6.07, 6.45) is 5.35. The van der Waals surface area contributed by atoms with Crippen molar-refractivity contribution >= 4 is 29.1 Å². The van der Waals surface area contributed by atoms with Gasteiger partial charge in [-0.3, -0.25) is 4.79 Å². The largest absolute Gasteiger partial charge is 0.329 e. The molecule has 0 saturated carbocycles. The van der Waals surface area contributed by atoms with Gasteiger partial charge in [0.15, 0.2) is 16.6 Å². The number of amides is 1. The number of nitrogens with zero attached hydrogens (tertiary/aromatic N) is 5. The number of nitrogens with one attached hydrogen (secondary N) is 1. The number of hydrogen-bond acceptors (Lipinski definition) is 5. The zero-order chi connectivity index (χ0) is 20.6. The molecule has 4 aromatic rings. The van der Waals surface area contributed by atoms with Gasteiger partial charge in [0.2, 0.25) is 0 Å². The highest BCUT2D eigenvalue weighted by Crippen LogP contribution is 2.25. The van der Waals surface area contributed by atoms with Gasteiger partial charge in [-0.15, -0.1) is 0 Å². The maximum absolute atomic E-state index is 12.6. The summed E-state index contributed by atoms with van der Waals surface area (Å²) < 4.78 is 3.59. The van der Waals surface area contributed by atoms with Crippen molar-refractivity contribution in [3.63, 3.8) is 0 Å². The first kappa shape index (κ1) is 19.2. The van der Waals surface area contributed by atoms with E-state index in [1.807, 2.05) is 54.2 Å². The third kappa shape index (κ3) is 4.17. The molecule has 1 N–H and O–H groups in total. The average Bonchev–Trinajstić information content (AvgIpc) is 3.26. The fraction of sp³-hybridized carbons (Fsp3) is 0.238. The molecule has 0 fully saturated rings. The molecule has 0 radical (unpaired) electrons. The Morgan fingerprint density at radius 1 is 1.10 bits per heavy atom. The molecule has 0 aliphatic heterocycles. The lowest BCUT2D eigenvalue weighted by molar-refractivity contribution is 0.102. The Kier molecular flexibility index (Phi) is 4.87. The number of anilines is 1. The average molecular weight is 407 g/mol. The third-order valence-electron chi connectivity index (χ3n) is 4.52. The molecule has 0 aliphatic carbocycles. The third-order valence-corrected chi connectivity index (χ3v) is 5.53. The highest BCUT2D eigenvalue weighted by atomic mass is 32.2. The number of aromatic nitrogens is 5. The van der Waals surface area contributed by atoms with Crippen molar-refractivity contribution in [1.82, 2.24) is 24.1 Å². The van der Waals surface area contributed by atoms with Gasteiger partial charge in [-0.1, -0.05) is 32.9 Å². The van der Waals surface area contributed by atoms with E-state index in [4.69, 9.17) is 0 Å². The first-order valence-corrected chi connectivity index (χ1v) is 10.0. The fourth-order valence-corrected chi connectivity index (χ4v) is 3.60. The molecular formula is C21H22N6OS. The SMILES string of the molecule is Cn1ccnc1Sc1ccc2nc(NC(=O)c3ccc(C(C)(C)C)cc3)cn2n1. The topological polar surface area (TPSA) is 77.1 Å². The second kappa shape index (κ2) is 7.36. The summed E-state index contributed by atoms with van der Waals surface area (Å²) in [6.45, 7) is 6.43. The van der Waals surface area contributed by atoms with Crippen molar-refractivity contribution in [2.45, 2.75) is 36.4 Å². The highest BCUT2D eigenvalue weighted by Gasteiger charge is 2.15. The van der Waals surface area contributed by atoms with Crippen molar-refractivity contribution in [1.29, 1.82) is 0 Å². The van der Waals surface area contributed by atoms with Gasteiger partial charge < -0.3 is 9.88 Å². The zero-order valence-corrected chi connectivity index (χ0v) is 17.6. The molecule has 3 aromatic heterocycles. The van der Waals surface area contributed by atoms with Crippen molar-refractivity contribution in [3.8, 4) is 0 Å². The van der Waals surface area contributed by atoms with E-state index in [2.05, 4.69) is 41.2 Å². The monoisotopic (exact) mass is 406 g/mol. The van der Waals surface area contributed by atoms with Gasteiger partial charge in [-0.25, -0.2) is 14.5 Å². The van der Waals surface area contributed by atoms with Gasteiger partial charge in [0.05, 0.1) is 6.20 Å². The number of hydrogen-bond donors (Lipinski definition) is 1. The van der Waals surface area contributed by atoms with Gasteiger partial charge in [-0.05, 0) is 47.0 Å². The summed E-state index contributed by atoms with van der Waals surface area (Å²) >= 11 is 1.46. The summed E-state index contributed by atoms with van der Waals surface area (Å²) in [6, 6.07) is 11.4. The number of rotatable bonds is 4. The molecule has 29 heavy (non-hydrogen) atoms. The minimum atomic E-state index is -0.198. The minimum Gasteiger partial charge on any atom is -0.329 e. The Bertz CT molecular complexity index is 1170. The summed E-state index contributed by atoms with van der Waals surface area (Å²) in [5.74, 6) is 0.262. The van der Waals surface area contributed by atoms with Crippen LogP contribution in [-0.4, -0.2) is 30.1 Å². The van der Waals surface area contributed by atoms with Gasteiger partial charge in [0, 0.05) is 25.0 Å². The number of carbonyl (C=O) groups is 1. The predicted molar refractivity (Wildman–Crippen MR) is 113 cm³/mol. The lowest BCUT2D eigenvalue weighted by atomic mass is 9.87. The van der Waals surface area contributed by atoms with Gasteiger partial charge >= 0.3 is 0 Å². The molecule has 0 aliphatic rings. The van der Waals surface area contributed by atoms with E-state index in [0.29, 0.717) is 17.0 Å². The number of fused-ring (bicyclic) bond motifs is 1. The molecule has 0 atom stereocenters. The fourth-order valence-electron chi connectivity index (χ4n) is 2.83. The second-order valence-corrected chi connectivity index (χ2v) is 8.79. The number of imidazole rings is 2. The van der Waals surface area contributed by atoms with E-state index < -0.39 is 0 Å². The van der Waals surface area contributed by atoms with Crippen molar-refractivity contribution in [2.24, 2.45) is 7.05 Å². The van der Waals surface area contributed by atoms with E-state index in [0.717, 1.165) is 10.2 Å². The van der Waals surface area contributed by atoms with Crippen LogP contribution in [-0.2, 0) is 12.5 Å². The van der Waals surface area contributed by atoms with Crippen molar-refractivity contribution < 1.29 is 4.79 Å². The van der Waals surface area contributed by atoms with E-state index in [1.54, 1.807) is 16.9 Å². The van der Waals surface area contributed by atoms with Crippen LogP contribution in [0, 0.1) is 0 Å². The summed E-state index contributed by atoms with van der Waals surface area (Å²) in [7, 11) is 1.94. The van der Waals surface area contributed by atoms with E-state index in [-0.39, 0.29) is 11.3 Å². The van der Waals surface area contributed by atoms with Gasteiger partial charge in [-0.2, -0.15) is 5.10 Å². The van der Waals surface area contributed by atoms with Crippen LogP contribution < -0.4 is 5.32 Å². The quantitative estimate of drug-likeness (QED) is 0.551. The van der Waals surface area contributed by atoms with Crippen LogP contribution in [0.4, 0.5) is 5.82 Å². The van der Waals surface area contributed by atoms with Gasteiger partial charge in [0.25, 0.3) is 5.91 Å². The van der Waals surface area contributed by atoms with Crippen LogP contribution in [0.3, 0.4) is 0 Å². The minimum absolute atomic E-state index is 0.0485. The Labute approximate surface area is 173 Å². The number of aryl methyl sites for hydroxylation is 1. The van der Waals surface area contributed by atoms with Crippen LogP contribution in [0.25, 0.3) is 5.65 Å². The number of benzene rings is 1. The summed E-state index contributed by atoms with van der Waals surface area (Å²) in [4.78, 5) is 21.3. The first-order chi connectivity index (χ1) is 13.8. The lowest BCUT2D eigenvalue weighted by Crippen LogP contribution is -2.14. The van der Waals surface area contributed by atoms with E-state index in [9.17, 15) is 4.79 Å². The Balaban J connectivity index is 1.50. The molecular weight excluding hydrogens is 384 g/mol. The predicted octanol–water partition coefficient (Wildman–Crippen LogP) is 4.16. The molecule has 8 heteroatoms. The normalized spacial score (nSPS) is 11.7. The van der Waals surface area contributed by atoms with Crippen LogP contribution in [0.5, 0.6) is 0 Å². The Morgan fingerprint density at radius 3 is 2.52 bits per heavy atom. The van der Waals surface area contributed by atoms with Crippen molar-refractivity contribution in [3.05, 3.63) is 66.1 Å². The van der Waals surface area contributed by atoms with Crippen LogP contribution >= 0.6 is 11.8 Å². The maximum atomic E-state index is 12.6. The Hall–Kier alpha value is -3.13. The molecule has 0 saturated heterocycles. The summed E-state index contributed by atoms with van der Waals surface area (Å²) in [5.41, 5.74) is 2.48. The van der Waals surface area contributed by atoms with Crippen LogP contribution in [0.15, 0.2) is 65.2 Å².